The molecular formula is C21H14O3S2. The van der Waals surface area contributed by atoms with Crippen molar-refractivity contribution >= 4 is 45.7 Å². The molecule has 0 aliphatic rings. The Morgan fingerprint density at radius 1 is 0.923 bits per heavy atom. The fourth-order valence-electron chi connectivity index (χ4n) is 3.02. The van der Waals surface area contributed by atoms with Crippen LogP contribution in [0.2, 0.25) is 0 Å². The van der Waals surface area contributed by atoms with Gasteiger partial charge in [0, 0.05) is 26.4 Å². The van der Waals surface area contributed by atoms with Crippen LogP contribution in [-0.4, -0.2) is 19.4 Å². The Morgan fingerprint density at radius 2 is 1.54 bits per heavy atom. The third-order valence-corrected chi connectivity index (χ3v) is 6.06. The van der Waals surface area contributed by atoms with Crippen LogP contribution in [-0.2, 0) is 4.74 Å². The summed E-state index contributed by atoms with van der Waals surface area (Å²) in [6.45, 7) is 0. The summed E-state index contributed by atoms with van der Waals surface area (Å²) >= 11 is 3.14. The van der Waals surface area contributed by atoms with Gasteiger partial charge in [0.05, 0.1) is 12.7 Å². The van der Waals surface area contributed by atoms with Crippen molar-refractivity contribution in [1.82, 2.24) is 0 Å². The van der Waals surface area contributed by atoms with Gasteiger partial charge < -0.3 is 4.74 Å². The first-order valence-electron chi connectivity index (χ1n) is 7.94. The predicted octanol–water partition coefficient (Wildman–Crippen LogP) is 5.90. The molecule has 4 rings (SSSR count). The van der Waals surface area contributed by atoms with Gasteiger partial charge in [0.15, 0.2) is 6.29 Å². The first-order valence-corrected chi connectivity index (χ1v) is 9.70. The highest BCUT2D eigenvalue weighted by Crippen LogP contribution is 2.36. The molecule has 0 amide bonds. The third kappa shape index (κ3) is 2.85. The second kappa shape index (κ2) is 6.86. The van der Waals surface area contributed by atoms with Gasteiger partial charge in [-0.25, -0.2) is 4.79 Å². The molecule has 0 radical (unpaired) electrons. The Labute approximate surface area is 158 Å². The van der Waals surface area contributed by atoms with E-state index in [4.69, 9.17) is 4.74 Å². The summed E-state index contributed by atoms with van der Waals surface area (Å²) in [5.41, 5.74) is 2.86. The highest BCUT2D eigenvalue weighted by atomic mass is 32.1. The maximum Gasteiger partial charge on any atom is 0.338 e. The number of benzene rings is 2. The fraction of sp³-hybridized carbons (Fsp3) is 0.0476. The van der Waals surface area contributed by atoms with Crippen molar-refractivity contribution in [3.05, 3.63) is 70.4 Å². The van der Waals surface area contributed by atoms with Crippen molar-refractivity contribution in [2.24, 2.45) is 0 Å². The number of fused-ring (bicyclic) bond motifs is 1. The van der Waals surface area contributed by atoms with E-state index in [1.807, 2.05) is 59.3 Å². The minimum atomic E-state index is -0.368. The molecular weight excluding hydrogens is 364 g/mol. The lowest BCUT2D eigenvalue weighted by Gasteiger charge is -2.11. The molecule has 2 aromatic carbocycles. The number of carbonyl (C=O) groups excluding carboxylic acids is 2. The van der Waals surface area contributed by atoms with Crippen LogP contribution in [0.5, 0.6) is 0 Å². The number of methoxy groups -OCH3 is 1. The van der Waals surface area contributed by atoms with E-state index in [9.17, 15) is 9.59 Å². The number of hydrogen-bond acceptors (Lipinski definition) is 5. The quantitative estimate of drug-likeness (QED) is 0.328. The zero-order valence-electron chi connectivity index (χ0n) is 13.9. The Kier molecular flexibility index (Phi) is 4.41. The number of thiophene rings is 2. The van der Waals surface area contributed by atoms with E-state index >= 15 is 0 Å². The number of ether oxygens (including phenoxy) is 1. The average Bonchev–Trinajstić information content (AvgIpc) is 3.39. The van der Waals surface area contributed by atoms with E-state index in [1.165, 1.54) is 7.11 Å². The smallest absolute Gasteiger partial charge is 0.338 e. The number of carbonyl (C=O) groups is 2. The molecule has 0 atom stereocenters. The molecule has 5 heteroatoms. The van der Waals surface area contributed by atoms with Crippen LogP contribution in [0, 0.1) is 0 Å². The number of esters is 1. The van der Waals surface area contributed by atoms with E-state index < -0.39 is 0 Å². The second-order valence-corrected chi connectivity index (χ2v) is 7.64. The minimum Gasteiger partial charge on any atom is -0.465 e. The van der Waals surface area contributed by atoms with Crippen LogP contribution in [0.1, 0.15) is 20.7 Å². The van der Waals surface area contributed by atoms with Crippen molar-refractivity contribution in [2.45, 2.75) is 0 Å². The number of rotatable bonds is 4. The highest BCUT2D eigenvalue weighted by molar-refractivity contribution is 7.13. The van der Waals surface area contributed by atoms with Gasteiger partial charge in [-0.05, 0) is 57.9 Å². The molecule has 0 saturated carbocycles. The van der Waals surface area contributed by atoms with Gasteiger partial charge in [-0.1, -0.05) is 12.1 Å². The van der Waals surface area contributed by atoms with E-state index in [0.717, 1.165) is 37.9 Å². The molecule has 0 fully saturated rings. The zero-order chi connectivity index (χ0) is 18.1. The molecule has 0 aliphatic heterocycles. The van der Waals surface area contributed by atoms with Crippen LogP contribution < -0.4 is 0 Å². The fourth-order valence-corrected chi connectivity index (χ4v) is 4.55. The summed E-state index contributed by atoms with van der Waals surface area (Å²) in [6.07, 6.45) is 0.882. The summed E-state index contributed by atoms with van der Waals surface area (Å²) in [4.78, 5) is 26.0. The maximum absolute atomic E-state index is 12.3. The molecule has 0 unspecified atom stereocenters. The summed E-state index contributed by atoms with van der Waals surface area (Å²) in [5, 5.41) is 5.77. The van der Waals surface area contributed by atoms with Crippen molar-refractivity contribution in [1.29, 1.82) is 0 Å². The molecule has 0 bridgehead atoms. The summed E-state index contributed by atoms with van der Waals surface area (Å²) in [5.74, 6) is -0.368. The van der Waals surface area contributed by atoms with Gasteiger partial charge in [-0.2, -0.15) is 0 Å². The summed E-state index contributed by atoms with van der Waals surface area (Å²) in [7, 11) is 1.39. The normalized spacial score (nSPS) is 10.8. The van der Waals surface area contributed by atoms with Crippen LogP contribution in [0.4, 0.5) is 0 Å². The molecule has 0 spiro atoms. The largest absolute Gasteiger partial charge is 0.465 e. The second-order valence-electron chi connectivity index (χ2n) is 5.75. The lowest BCUT2D eigenvalue weighted by Crippen LogP contribution is -2.03. The van der Waals surface area contributed by atoms with E-state index in [-0.39, 0.29) is 5.97 Å². The monoisotopic (exact) mass is 378 g/mol. The zero-order valence-corrected chi connectivity index (χ0v) is 15.5. The van der Waals surface area contributed by atoms with Gasteiger partial charge in [0.25, 0.3) is 0 Å². The van der Waals surface area contributed by atoms with Crippen LogP contribution in [0.15, 0.2) is 59.3 Å². The lowest BCUT2D eigenvalue weighted by molar-refractivity contribution is 0.0601. The van der Waals surface area contributed by atoms with E-state index in [2.05, 4.69) is 0 Å². The van der Waals surface area contributed by atoms with Crippen LogP contribution >= 0.6 is 22.7 Å². The molecule has 0 N–H and O–H groups in total. The topological polar surface area (TPSA) is 43.4 Å². The third-order valence-electron chi connectivity index (χ3n) is 4.25. The molecule has 2 heterocycles. The maximum atomic E-state index is 12.3. The Bertz CT molecular complexity index is 1090. The van der Waals surface area contributed by atoms with Gasteiger partial charge in [-0.3, -0.25) is 4.79 Å². The van der Waals surface area contributed by atoms with E-state index in [0.29, 0.717) is 11.1 Å². The van der Waals surface area contributed by atoms with E-state index in [1.54, 1.807) is 22.7 Å². The lowest BCUT2D eigenvalue weighted by atomic mass is 9.95. The highest BCUT2D eigenvalue weighted by Gasteiger charge is 2.17. The van der Waals surface area contributed by atoms with Gasteiger partial charge in [0.2, 0.25) is 0 Å². The molecule has 26 heavy (non-hydrogen) atoms. The molecule has 128 valence electrons. The Hall–Kier alpha value is -2.76. The summed E-state index contributed by atoms with van der Waals surface area (Å²) in [6, 6.07) is 15.5. The first kappa shape index (κ1) is 16.7. The molecule has 0 aliphatic carbocycles. The van der Waals surface area contributed by atoms with Gasteiger partial charge in [0.1, 0.15) is 0 Å². The molecule has 0 saturated heterocycles. The molecule has 3 nitrogen and oxygen atoms in total. The Balaban J connectivity index is 2.01. The predicted molar refractivity (Wildman–Crippen MR) is 107 cm³/mol. The van der Waals surface area contributed by atoms with Gasteiger partial charge in [-0.15, -0.1) is 22.7 Å². The van der Waals surface area contributed by atoms with Crippen molar-refractivity contribution in [3.8, 4) is 20.9 Å². The van der Waals surface area contributed by atoms with Crippen LogP contribution in [0.25, 0.3) is 31.7 Å². The van der Waals surface area contributed by atoms with Crippen molar-refractivity contribution in [3.63, 3.8) is 0 Å². The minimum absolute atomic E-state index is 0.368. The van der Waals surface area contributed by atoms with Crippen molar-refractivity contribution in [2.75, 3.05) is 7.11 Å². The average molecular weight is 378 g/mol. The molecule has 2 aromatic heterocycles. The Morgan fingerprint density at radius 3 is 2.12 bits per heavy atom. The number of aldehydes is 1. The first-order chi connectivity index (χ1) is 12.7. The van der Waals surface area contributed by atoms with Gasteiger partial charge >= 0.3 is 5.97 Å². The number of hydrogen-bond donors (Lipinski definition) is 0. The SMILES string of the molecule is COC(=O)c1cc2cc(-c3cccs3)c(C=O)cc2cc1-c1cccs1. The standard InChI is InChI=1S/C21H14O3S2/c1-24-21(23)18-11-14-9-16(19-4-2-6-25-19)15(12-22)8-13(14)10-17(18)20-5-3-7-26-20/h2-12H,1H3. The van der Waals surface area contributed by atoms with Crippen LogP contribution in [0.3, 0.4) is 0 Å². The summed E-state index contributed by atoms with van der Waals surface area (Å²) < 4.78 is 4.98. The molecule has 4 aromatic rings. The van der Waals surface area contributed by atoms with Crippen molar-refractivity contribution < 1.29 is 14.3 Å².